The molecule has 0 aliphatic rings. The SMILES string of the molecule is NCc1cccc(C(=O)N[C@H](C(=O)Nc2ccc3nc(N)sc3c2)c2ccccc2)c1. The Balaban J connectivity index is 1.59. The zero-order valence-electron chi connectivity index (χ0n) is 16.5. The smallest absolute Gasteiger partial charge is 0.252 e. The first-order valence-corrected chi connectivity index (χ1v) is 10.5. The molecule has 0 saturated heterocycles. The second-order valence-electron chi connectivity index (χ2n) is 6.95. The maximum atomic E-state index is 13.2. The molecule has 0 unspecified atom stereocenters. The van der Waals surface area contributed by atoms with Gasteiger partial charge in [-0.15, -0.1) is 0 Å². The number of amides is 2. The van der Waals surface area contributed by atoms with Crippen LogP contribution >= 0.6 is 11.3 Å². The molecule has 1 aromatic heterocycles. The van der Waals surface area contributed by atoms with E-state index in [1.54, 1.807) is 42.5 Å². The number of thiazole rings is 1. The second-order valence-corrected chi connectivity index (χ2v) is 8.01. The van der Waals surface area contributed by atoms with E-state index in [4.69, 9.17) is 11.5 Å². The third kappa shape index (κ3) is 4.71. The lowest BCUT2D eigenvalue weighted by Crippen LogP contribution is -2.37. The fraction of sp³-hybridized carbons (Fsp3) is 0.0870. The lowest BCUT2D eigenvalue weighted by molar-refractivity contribution is -0.118. The van der Waals surface area contributed by atoms with Gasteiger partial charge in [0.2, 0.25) is 0 Å². The van der Waals surface area contributed by atoms with Crippen molar-refractivity contribution < 1.29 is 9.59 Å². The van der Waals surface area contributed by atoms with Crippen LogP contribution in [0.15, 0.2) is 72.8 Å². The number of nitrogens with zero attached hydrogens (tertiary/aromatic N) is 1. The van der Waals surface area contributed by atoms with Crippen molar-refractivity contribution in [3.8, 4) is 0 Å². The molecule has 3 aromatic carbocycles. The van der Waals surface area contributed by atoms with E-state index in [0.29, 0.717) is 28.5 Å². The van der Waals surface area contributed by atoms with Gasteiger partial charge in [0.25, 0.3) is 11.8 Å². The van der Waals surface area contributed by atoms with Crippen molar-refractivity contribution in [1.82, 2.24) is 10.3 Å². The number of nitrogens with one attached hydrogen (secondary N) is 2. The zero-order valence-corrected chi connectivity index (χ0v) is 17.4. The molecule has 0 bridgehead atoms. The van der Waals surface area contributed by atoms with E-state index in [1.165, 1.54) is 11.3 Å². The molecule has 0 aliphatic heterocycles. The number of rotatable bonds is 6. The fourth-order valence-corrected chi connectivity index (χ4v) is 4.01. The molecular weight excluding hydrogens is 410 g/mol. The normalized spacial score (nSPS) is 11.8. The number of hydrogen-bond acceptors (Lipinski definition) is 6. The largest absolute Gasteiger partial charge is 0.375 e. The minimum atomic E-state index is -0.877. The summed E-state index contributed by atoms with van der Waals surface area (Å²) in [6, 6.07) is 20.6. The molecule has 0 fully saturated rings. The molecule has 2 amide bonds. The summed E-state index contributed by atoms with van der Waals surface area (Å²) >= 11 is 1.34. The third-order valence-electron chi connectivity index (χ3n) is 4.77. The van der Waals surface area contributed by atoms with Crippen LogP contribution in [0.2, 0.25) is 0 Å². The van der Waals surface area contributed by atoms with E-state index in [2.05, 4.69) is 15.6 Å². The summed E-state index contributed by atoms with van der Waals surface area (Å²) in [5, 5.41) is 6.19. The molecule has 4 aromatic rings. The van der Waals surface area contributed by atoms with Crippen LogP contribution in [0.1, 0.15) is 27.5 Å². The molecule has 1 heterocycles. The Morgan fingerprint density at radius 2 is 1.81 bits per heavy atom. The highest BCUT2D eigenvalue weighted by molar-refractivity contribution is 7.22. The van der Waals surface area contributed by atoms with Gasteiger partial charge >= 0.3 is 0 Å². The Morgan fingerprint density at radius 1 is 1.00 bits per heavy atom. The summed E-state index contributed by atoms with van der Waals surface area (Å²) in [5.41, 5.74) is 14.8. The minimum Gasteiger partial charge on any atom is -0.375 e. The maximum Gasteiger partial charge on any atom is 0.252 e. The molecule has 0 radical (unpaired) electrons. The molecule has 4 rings (SSSR count). The summed E-state index contributed by atoms with van der Waals surface area (Å²) in [4.78, 5) is 30.3. The van der Waals surface area contributed by atoms with Crippen molar-refractivity contribution in [2.45, 2.75) is 12.6 Å². The molecule has 156 valence electrons. The molecule has 6 N–H and O–H groups in total. The Hall–Kier alpha value is -3.75. The average molecular weight is 432 g/mol. The summed E-state index contributed by atoms with van der Waals surface area (Å²) in [6.07, 6.45) is 0. The first kappa shape index (κ1) is 20.5. The highest BCUT2D eigenvalue weighted by Gasteiger charge is 2.23. The van der Waals surface area contributed by atoms with Gasteiger partial charge in [0.15, 0.2) is 5.13 Å². The van der Waals surface area contributed by atoms with Crippen molar-refractivity contribution >= 4 is 44.2 Å². The highest BCUT2D eigenvalue weighted by atomic mass is 32.1. The Labute approximate surface area is 183 Å². The molecule has 7 nitrogen and oxygen atoms in total. The predicted octanol–water partition coefficient (Wildman–Crippen LogP) is 3.45. The van der Waals surface area contributed by atoms with Crippen LogP contribution in [-0.2, 0) is 11.3 Å². The third-order valence-corrected chi connectivity index (χ3v) is 5.62. The van der Waals surface area contributed by atoms with Crippen LogP contribution in [0.4, 0.5) is 10.8 Å². The monoisotopic (exact) mass is 431 g/mol. The molecule has 8 heteroatoms. The Bertz CT molecular complexity index is 1240. The van der Waals surface area contributed by atoms with Crippen molar-refractivity contribution in [2.75, 3.05) is 11.1 Å². The van der Waals surface area contributed by atoms with E-state index in [-0.39, 0.29) is 11.8 Å². The second kappa shape index (κ2) is 8.95. The van der Waals surface area contributed by atoms with E-state index in [9.17, 15) is 9.59 Å². The average Bonchev–Trinajstić information content (AvgIpc) is 3.17. The summed E-state index contributed by atoms with van der Waals surface area (Å²) in [7, 11) is 0. The number of carbonyl (C=O) groups is 2. The number of fused-ring (bicyclic) bond motifs is 1. The van der Waals surface area contributed by atoms with E-state index >= 15 is 0 Å². The number of nitrogens with two attached hydrogens (primary N) is 2. The standard InChI is InChI=1S/C23H21N5O2S/c24-13-14-5-4-8-16(11-14)21(29)28-20(15-6-2-1-3-7-15)22(30)26-17-9-10-18-19(12-17)31-23(25)27-18/h1-12,20H,13,24H2,(H2,25,27)(H,26,30)(H,28,29)/t20-/m0/s1. The molecular formula is C23H21N5O2S. The molecule has 1 atom stereocenters. The van der Waals surface area contributed by atoms with E-state index in [1.807, 2.05) is 30.3 Å². The quantitative estimate of drug-likeness (QED) is 0.372. The van der Waals surface area contributed by atoms with Gasteiger partial charge in [-0.25, -0.2) is 4.98 Å². The van der Waals surface area contributed by atoms with Crippen molar-refractivity contribution in [2.24, 2.45) is 5.73 Å². The Kier molecular flexibility index (Phi) is 5.92. The van der Waals surface area contributed by atoms with Crippen molar-refractivity contribution in [1.29, 1.82) is 0 Å². The molecule has 31 heavy (non-hydrogen) atoms. The lowest BCUT2D eigenvalue weighted by Gasteiger charge is -2.19. The number of anilines is 2. The van der Waals surface area contributed by atoms with Gasteiger partial charge in [0.1, 0.15) is 6.04 Å². The Morgan fingerprint density at radius 3 is 2.58 bits per heavy atom. The number of carbonyl (C=O) groups excluding carboxylic acids is 2. The maximum absolute atomic E-state index is 13.2. The summed E-state index contributed by atoms with van der Waals surface area (Å²) in [5.74, 6) is -0.712. The van der Waals surface area contributed by atoms with Gasteiger partial charge in [-0.05, 0) is 41.5 Å². The van der Waals surface area contributed by atoms with Gasteiger partial charge in [-0.1, -0.05) is 53.8 Å². The number of nitrogen functional groups attached to an aromatic ring is 1. The van der Waals surface area contributed by atoms with Gasteiger partial charge < -0.3 is 22.1 Å². The van der Waals surface area contributed by atoms with E-state index < -0.39 is 6.04 Å². The zero-order chi connectivity index (χ0) is 21.8. The number of hydrogen-bond donors (Lipinski definition) is 4. The topological polar surface area (TPSA) is 123 Å². The van der Waals surface area contributed by atoms with Crippen LogP contribution in [-0.4, -0.2) is 16.8 Å². The summed E-state index contributed by atoms with van der Waals surface area (Å²) in [6.45, 7) is 0.328. The first-order chi connectivity index (χ1) is 15.0. The molecule has 0 aliphatic carbocycles. The fourth-order valence-electron chi connectivity index (χ4n) is 3.23. The van der Waals surface area contributed by atoms with Gasteiger partial charge in [-0.3, -0.25) is 9.59 Å². The van der Waals surface area contributed by atoms with Crippen LogP contribution in [0.3, 0.4) is 0 Å². The van der Waals surface area contributed by atoms with Crippen LogP contribution in [0.25, 0.3) is 10.2 Å². The van der Waals surface area contributed by atoms with Crippen molar-refractivity contribution in [3.05, 3.63) is 89.5 Å². The van der Waals surface area contributed by atoms with Crippen molar-refractivity contribution in [3.63, 3.8) is 0 Å². The van der Waals surface area contributed by atoms with Gasteiger partial charge in [-0.2, -0.15) is 0 Å². The minimum absolute atomic E-state index is 0.328. The highest BCUT2D eigenvalue weighted by Crippen LogP contribution is 2.27. The van der Waals surface area contributed by atoms with Crippen LogP contribution < -0.4 is 22.1 Å². The number of aromatic nitrogens is 1. The molecule has 0 spiro atoms. The predicted molar refractivity (Wildman–Crippen MR) is 124 cm³/mol. The molecule has 0 saturated carbocycles. The lowest BCUT2D eigenvalue weighted by atomic mass is 10.0. The van der Waals surface area contributed by atoms with Crippen LogP contribution in [0, 0.1) is 0 Å². The van der Waals surface area contributed by atoms with Gasteiger partial charge in [0.05, 0.1) is 10.2 Å². The van der Waals surface area contributed by atoms with Gasteiger partial charge in [0, 0.05) is 17.8 Å². The number of benzene rings is 3. The van der Waals surface area contributed by atoms with Crippen LogP contribution in [0.5, 0.6) is 0 Å². The first-order valence-electron chi connectivity index (χ1n) is 9.65. The van der Waals surface area contributed by atoms with E-state index in [0.717, 1.165) is 15.8 Å². The summed E-state index contributed by atoms with van der Waals surface area (Å²) < 4.78 is 0.870.